The Hall–Kier alpha value is -4.06. The zero-order valence-corrected chi connectivity index (χ0v) is 20.2. The molecule has 5 rings (SSSR count). The SMILES string of the molecule is CC(C)(C)c1cc(NC(=O)Nc2ccc(-c3nn(C4CCCOC4)c4ncnc(N)c34)cc2F)on1. The first-order valence-electron chi connectivity index (χ1n) is 11.6. The molecule has 188 valence electrons. The Kier molecular flexibility index (Phi) is 6.04. The number of anilines is 3. The average molecular weight is 495 g/mol. The van der Waals surface area contributed by atoms with Gasteiger partial charge in [-0.3, -0.25) is 5.32 Å². The number of aromatic nitrogens is 5. The summed E-state index contributed by atoms with van der Waals surface area (Å²) in [5.74, 6) is -0.231. The van der Waals surface area contributed by atoms with E-state index in [-0.39, 0.29) is 28.8 Å². The summed E-state index contributed by atoms with van der Waals surface area (Å²) in [5.41, 5.74) is 8.10. The number of nitrogens with one attached hydrogen (secondary N) is 2. The number of benzene rings is 1. The first kappa shape index (κ1) is 23.7. The van der Waals surface area contributed by atoms with Crippen molar-refractivity contribution in [2.75, 3.05) is 29.6 Å². The summed E-state index contributed by atoms with van der Waals surface area (Å²) in [6.45, 7) is 7.14. The van der Waals surface area contributed by atoms with E-state index < -0.39 is 11.8 Å². The molecule has 4 heterocycles. The predicted molar refractivity (Wildman–Crippen MR) is 132 cm³/mol. The van der Waals surface area contributed by atoms with Gasteiger partial charge in [0.1, 0.15) is 23.7 Å². The molecule has 2 amide bonds. The molecule has 1 aromatic carbocycles. The van der Waals surface area contributed by atoms with Crippen LogP contribution in [0, 0.1) is 5.82 Å². The molecule has 0 spiro atoms. The third-order valence-corrected chi connectivity index (χ3v) is 6.01. The topological polar surface area (TPSA) is 146 Å². The zero-order chi connectivity index (χ0) is 25.4. The highest BCUT2D eigenvalue weighted by atomic mass is 19.1. The number of halogens is 1. The lowest BCUT2D eigenvalue weighted by Gasteiger charge is -2.22. The second-order valence-corrected chi connectivity index (χ2v) is 9.72. The number of amides is 2. The Labute approximate surface area is 206 Å². The zero-order valence-electron chi connectivity index (χ0n) is 20.2. The van der Waals surface area contributed by atoms with Crippen molar-refractivity contribution >= 4 is 34.5 Å². The van der Waals surface area contributed by atoms with Gasteiger partial charge in [0.2, 0.25) is 5.88 Å². The highest BCUT2D eigenvalue weighted by molar-refractivity contribution is 6.00. The number of urea groups is 1. The van der Waals surface area contributed by atoms with Gasteiger partial charge in [-0.2, -0.15) is 5.10 Å². The normalized spacial score (nSPS) is 16.3. The molecule has 0 radical (unpaired) electrons. The van der Waals surface area contributed by atoms with Crippen LogP contribution in [0.15, 0.2) is 35.1 Å². The van der Waals surface area contributed by atoms with Crippen LogP contribution in [0.5, 0.6) is 0 Å². The van der Waals surface area contributed by atoms with Crippen molar-refractivity contribution in [1.82, 2.24) is 24.9 Å². The molecule has 3 aromatic heterocycles. The van der Waals surface area contributed by atoms with E-state index in [1.807, 2.05) is 20.8 Å². The maximum absolute atomic E-state index is 15.1. The van der Waals surface area contributed by atoms with Crippen LogP contribution in [0.25, 0.3) is 22.3 Å². The minimum atomic E-state index is -0.664. The molecule has 0 aliphatic carbocycles. The lowest BCUT2D eigenvalue weighted by Crippen LogP contribution is -2.22. The minimum Gasteiger partial charge on any atom is -0.383 e. The van der Waals surface area contributed by atoms with Crippen molar-refractivity contribution < 1.29 is 18.4 Å². The van der Waals surface area contributed by atoms with Crippen molar-refractivity contribution in [3.63, 3.8) is 0 Å². The van der Waals surface area contributed by atoms with Crippen LogP contribution in [0.1, 0.15) is 45.3 Å². The molecule has 1 aliphatic rings. The van der Waals surface area contributed by atoms with Crippen molar-refractivity contribution in [2.24, 2.45) is 0 Å². The fraction of sp³-hybridized carbons (Fsp3) is 0.375. The Morgan fingerprint density at radius 1 is 1.22 bits per heavy atom. The Morgan fingerprint density at radius 2 is 2.06 bits per heavy atom. The van der Waals surface area contributed by atoms with Crippen LogP contribution < -0.4 is 16.4 Å². The van der Waals surface area contributed by atoms with Crippen LogP contribution in [0.4, 0.5) is 26.6 Å². The summed E-state index contributed by atoms with van der Waals surface area (Å²) in [4.78, 5) is 20.9. The molecule has 11 nitrogen and oxygen atoms in total. The van der Waals surface area contributed by atoms with Crippen molar-refractivity contribution in [3.8, 4) is 11.3 Å². The summed E-state index contributed by atoms with van der Waals surface area (Å²) < 4.78 is 27.6. The first-order chi connectivity index (χ1) is 17.2. The number of rotatable bonds is 4. The van der Waals surface area contributed by atoms with Crippen molar-refractivity contribution in [2.45, 2.75) is 45.1 Å². The highest BCUT2D eigenvalue weighted by Crippen LogP contribution is 2.34. The molecule has 1 aliphatic heterocycles. The summed E-state index contributed by atoms with van der Waals surface area (Å²) in [5, 5.41) is 14.2. The van der Waals surface area contributed by atoms with Gasteiger partial charge >= 0.3 is 6.03 Å². The van der Waals surface area contributed by atoms with E-state index >= 15 is 4.39 Å². The number of ether oxygens (including phenoxy) is 1. The molecule has 1 fully saturated rings. The number of carbonyl (C=O) groups excluding carboxylic acids is 1. The van der Waals surface area contributed by atoms with E-state index in [0.717, 1.165) is 12.8 Å². The smallest absolute Gasteiger partial charge is 0.326 e. The highest BCUT2D eigenvalue weighted by Gasteiger charge is 2.25. The number of fused-ring (bicyclic) bond motifs is 1. The molecule has 4 aromatic rings. The van der Waals surface area contributed by atoms with Crippen molar-refractivity contribution in [3.05, 3.63) is 42.1 Å². The number of nitrogen functional groups attached to an aromatic ring is 1. The average Bonchev–Trinajstić information content (AvgIpc) is 3.47. The van der Waals surface area contributed by atoms with Crippen molar-refractivity contribution in [1.29, 1.82) is 0 Å². The van der Waals surface area contributed by atoms with Gasteiger partial charge in [0.05, 0.1) is 29.4 Å². The fourth-order valence-corrected chi connectivity index (χ4v) is 4.09. The molecule has 1 atom stereocenters. The summed E-state index contributed by atoms with van der Waals surface area (Å²) >= 11 is 0. The van der Waals surface area contributed by atoms with Gasteiger partial charge < -0.3 is 20.3 Å². The molecular weight excluding hydrogens is 467 g/mol. The molecule has 1 saturated heterocycles. The standard InChI is InChI=1S/C24H27FN8O3/c1-24(2,3)17-10-18(36-32-17)30-23(34)29-16-7-6-13(9-15(16)25)20-19-21(26)27-12-28-22(19)33(31-20)14-5-4-8-35-11-14/h6-7,9-10,12,14H,4-5,8,11H2,1-3H3,(H2,26,27,28)(H2,29,30,34). The molecule has 0 saturated carbocycles. The van der Waals surface area contributed by atoms with E-state index in [9.17, 15) is 4.79 Å². The monoisotopic (exact) mass is 494 g/mol. The van der Waals surface area contributed by atoms with Crippen LogP contribution in [0.2, 0.25) is 0 Å². The third kappa shape index (κ3) is 4.59. The van der Waals surface area contributed by atoms with Crippen LogP contribution in [-0.4, -0.2) is 44.1 Å². The summed E-state index contributed by atoms with van der Waals surface area (Å²) in [6, 6.07) is 5.36. The van der Waals surface area contributed by atoms with E-state index in [4.69, 9.17) is 20.1 Å². The molecule has 36 heavy (non-hydrogen) atoms. The van der Waals surface area contributed by atoms with Crippen LogP contribution >= 0.6 is 0 Å². The van der Waals surface area contributed by atoms with E-state index in [1.54, 1.807) is 16.8 Å². The number of carbonyl (C=O) groups is 1. The van der Waals surface area contributed by atoms with Gasteiger partial charge in [-0.15, -0.1) is 0 Å². The van der Waals surface area contributed by atoms with Gasteiger partial charge in [-0.1, -0.05) is 32.0 Å². The second kappa shape index (κ2) is 9.19. The third-order valence-electron chi connectivity index (χ3n) is 6.01. The van der Waals surface area contributed by atoms with Crippen LogP contribution in [-0.2, 0) is 10.2 Å². The first-order valence-corrected chi connectivity index (χ1v) is 11.6. The Morgan fingerprint density at radius 3 is 2.75 bits per heavy atom. The van der Waals surface area contributed by atoms with E-state index in [1.165, 1.54) is 18.5 Å². The van der Waals surface area contributed by atoms with Gasteiger partial charge in [0.15, 0.2) is 5.65 Å². The van der Waals surface area contributed by atoms with Gasteiger partial charge in [0.25, 0.3) is 0 Å². The van der Waals surface area contributed by atoms with Gasteiger partial charge in [0, 0.05) is 23.7 Å². The Bertz CT molecular complexity index is 1420. The van der Waals surface area contributed by atoms with Crippen LogP contribution in [0.3, 0.4) is 0 Å². The maximum atomic E-state index is 15.1. The lowest BCUT2D eigenvalue weighted by molar-refractivity contribution is 0.0564. The molecule has 0 bridgehead atoms. The number of hydrogen-bond acceptors (Lipinski definition) is 8. The molecule has 4 N–H and O–H groups in total. The number of nitrogens with zero attached hydrogens (tertiary/aromatic N) is 5. The lowest BCUT2D eigenvalue weighted by atomic mass is 9.92. The summed E-state index contributed by atoms with van der Waals surface area (Å²) in [6.07, 6.45) is 3.17. The summed E-state index contributed by atoms with van der Waals surface area (Å²) in [7, 11) is 0. The van der Waals surface area contributed by atoms with Gasteiger partial charge in [-0.05, 0) is 25.0 Å². The minimum absolute atomic E-state index is 0.00586. The fourth-order valence-electron chi connectivity index (χ4n) is 4.09. The van der Waals surface area contributed by atoms with E-state index in [2.05, 4.69) is 25.8 Å². The predicted octanol–water partition coefficient (Wildman–Crippen LogP) is 4.50. The molecular formula is C24H27FN8O3. The quantitative estimate of drug-likeness (QED) is 0.376. The number of hydrogen-bond donors (Lipinski definition) is 3. The largest absolute Gasteiger partial charge is 0.383 e. The molecule has 1 unspecified atom stereocenters. The Balaban J connectivity index is 1.39. The van der Waals surface area contributed by atoms with E-state index in [0.29, 0.717) is 41.2 Å². The number of nitrogens with two attached hydrogens (primary N) is 1. The molecule has 12 heteroatoms. The van der Waals surface area contributed by atoms with Gasteiger partial charge in [-0.25, -0.2) is 23.8 Å². The second-order valence-electron chi connectivity index (χ2n) is 9.72. The maximum Gasteiger partial charge on any atom is 0.326 e.